The summed E-state index contributed by atoms with van der Waals surface area (Å²) in [6.45, 7) is 11.1. The molecule has 1 aromatic carbocycles. The number of anilines is 1. The summed E-state index contributed by atoms with van der Waals surface area (Å²) in [7, 11) is 1.73. The van der Waals surface area contributed by atoms with E-state index in [9.17, 15) is 0 Å². The highest BCUT2D eigenvalue weighted by Crippen LogP contribution is 2.30. The minimum Gasteiger partial charge on any atom is -0.496 e. The molecule has 1 aliphatic rings. The molecule has 3 nitrogen and oxygen atoms in total. The predicted octanol–water partition coefficient (Wildman–Crippen LogP) is 3.36. The number of methoxy groups -OCH3 is 1. The second-order valence-corrected chi connectivity index (χ2v) is 6.00. The largest absolute Gasteiger partial charge is 0.496 e. The standard InChI is InChI=1S/C17H28N2O/c1-6-17(7-2)12-19(14(4)11-18-17)15-8-9-16(20-5)13(3)10-15/h8-10,14,18H,6-7,11-12H2,1-5H3. The highest BCUT2D eigenvalue weighted by atomic mass is 16.5. The summed E-state index contributed by atoms with van der Waals surface area (Å²) >= 11 is 0. The number of nitrogens with one attached hydrogen (secondary N) is 1. The quantitative estimate of drug-likeness (QED) is 0.912. The van der Waals surface area contributed by atoms with Crippen molar-refractivity contribution in [3.05, 3.63) is 23.8 Å². The smallest absolute Gasteiger partial charge is 0.121 e. The van der Waals surface area contributed by atoms with E-state index in [-0.39, 0.29) is 5.54 Å². The van der Waals surface area contributed by atoms with Crippen molar-refractivity contribution < 1.29 is 4.74 Å². The predicted molar refractivity (Wildman–Crippen MR) is 85.9 cm³/mol. The van der Waals surface area contributed by atoms with Gasteiger partial charge in [-0.05, 0) is 50.5 Å². The van der Waals surface area contributed by atoms with Crippen LogP contribution >= 0.6 is 0 Å². The Bertz CT molecular complexity index is 454. The second-order valence-electron chi connectivity index (χ2n) is 6.00. The fraction of sp³-hybridized carbons (Fsp3) is 0.647. The maximum atomic E-state index is 5.37. The number of nitrogens with zero attached hydrogens (tertiary/aromatic N) is 1. The Hall–Kier alpha value is -1.22. The molecule has 1 atom stereocenters. The molecule has 1 heterocycles. The summed E-state index contributed by atoms with van der Waals surface area (Å²) in [5, 5.41) is 3.75. The van der Waals surface area contributed by atoms with Gasteiger partial charge in [-0.25, -0.2) is 0 Å². The van der Waals surface area contributed by atoms with E-state index in [1.165, 1.54) is 24.1 Å². The molecule has 0 saturated carbocycles. The van der Waals surface area contributed by atoms with Gasteiger partial charge in [-0.3, -0.25) is 0 Å². The van der Waals surface area contributed by atoms with Crippen molar-refractivity contribution >= 4 is 5.69 Å². The molecular weight excluding hydrogens is 248 g/mol. The molecule has 1 fully saturated rings. The highest BCUT2D eigenvalue weighted by Gasteiger charge is 2.35. The van der Waals surface area contributed by atoms with Crippen molar-refractivity contribution in [3.63, 3.8) is 0 Å². The lowest BCUT2D eigenvalue weighted by molar-refractivity contribution is 0.254. The summed E-state index contributed by atoms with van der Waals surface area (Å²) < 4.78 is 5.37. The van der Waals surface area contributed by atoms with E-state index in [1.54, 1.807) is 7.11 Å². The van der Waals surface area contributed by atoms with Crippen LogP contribution in [0.1, 0.15) is 39.2 Å². The second kappa shape index (κ2) is 6.04. The molecule has 0 amide bonds. The summed E-state index contributed by atoms with van der Waals surface area (Å²) in [5.74, 6) is 0.966. The Kier molecular flexibility index (Phi) is 4.59. The number of piperazine rings is 1. The molecule has 0 aliphatic carbocycles. The van der Waals surface area contributed by atoms with Gasteiger partial charge in [-0.15, -0.1) is 0 Å². The van der Waals surface area contributed by atoms with Crippen LogP contribution in [0.4, 0.5) is 5.69 Å². The first kappa shape index (κ1) is 15.2. The number of aryl methyl sites for hydroxylation is 1. The van der Waals surface area contributed by atoms with Crippen molar-refractivity contribution in [1.29, 1.82) is 0 Å². The van der Waals surface area contributed by atoms with Crippen molar-refractivity contribution in [2.24, 2.45) is 0 Å². The molecule has 20 heavy (non-hydrogen) atoms. The first-order chi connectivity index (χ1) is 9.55. The zero-order valence-corrected chi connectivity index (χ0v) is 13.5. The van der Waals surface area contributed by atoms with Gasteiger partial charge in [0, 0.05) is 30.4 Å². The van der Waals surface area contributed by atoms with Crippen LogP contribution in [0.3, 0.4) is 0 Å². The highest BCUT2D eigenvalue weighted by molar-refractivity contribution is 5.54. The lowest BCUT2D eigenvalue weighted by Gasteiger charge is -2.47. The summed E-state index contributed by atoms with van der Waals surface area (Å²) in [4.78, 5) is 2.54. The average molecular weight is 276 g/mol. The Labute approximate surface area is 123 Å². The number of hydrogen-bond donors (Lipinski definition) is 1. The van der Waals surface area contributed by atoms with Crippen LogP contribution in [0.5, 0.6) is 5.75 Å². The zero-order valence-electron chi connectivity index (χ0n) is 13.5. The third kappa shape index (κ3) is 2.78. The minimum atomic E-state index is 0.250. The molecule has 1 aliphatic heterocycles. The molecule has 0 spiro atoms. The molecule has 112 valence electrons. The maximum Gasteiger partial charge on any atom is 0.121 e. The van der Waals surface area contributed by atoms with Gasteiger partial charge >= 0.3 is 0 Å². The van der Waals surface area contributed by atoms with E-state index in [1.807, 2.05) is 0 Å². The van der Waals surface area contributed by atoms with Gasteiger partial charge in [-0.2, -0.15) is 0 Å². The number of hydrogen-bond acceptors (Lipinski definition) is 3. The topological polar surface area (TPSA) is 24.5 Å². The molecule has 1 aromatic rings. The van der Waals surface area contributed by atoms with Crippen LogP contribution in [-0.2, 0) is 0 Å². The van der Waals surface area contributed by atoms with Gasteiger partial charge in [0.2, 0.25) is 0 Å². The van der Waals surface area contributed by atoms with Gasteiger partial charge in [0.1, 0.15) is 5.75 Å². The normalized spacial score (nSPS) is 21.9. The van der Waals surface area contributed by atoms with E-state index in [2.05, 4.69) is 56.1 Å². The van der Waals surface area contributed by atoms with Gasteiger partial charge in [-0.1, -0.05) is 13.8 Å². The number of ether oxygens (including phenoxy) is 1. The molecule has 3 heteroatoms. The van der Waals surface area contributed by atoms with Crippen LogP contribution in [0, 0.1) is 6.92 Å². The minimum absolute atomic E-state index is 0.250. The molecule has 0 bridgehead atoms. The van der Waals surface area contributed by atoms with Gasteiger partial charge < -0.3 is 15.0 Å². The van der Waals surface area contributed by atoms with Crippen LogP contribution in [0.15, 0.2) is 18.2 Å². The molecule has 1 N–H and O–H groups in total. The first-order valence-electron chi connectivity index (χ1n) is 7.71. The monoisotopic (exact) mass is 276 g/mol. The van der Waals surface area contributed by atoms with E-state index < -0.39 is 0 Å². The number of benzene rings is 1. The van der Waals surface area contributed by atoms with E-state index in [0.717, 1.165) is 18.8 Å². The fourth-order valence-electron chi connectivity index (χ4n) is 3.12. The molecule has 1 unspecified atom stereocenters. The average Bonchev–Trinajstić information content (AvgIpc) is 2.48. The van der Waals surface area contributed by atoms with Crippen molar-refractivity contribution in [2.75, 3.05) is 25.1 Å². The third-order valence-corrected chi connectivity index (χ3v) is 4.84. The number of rotatable bonds is 4. The van der Waals surface area contributed by atoms with E-state index >= 15 is 0 Å². The van der Waals surface area contributed by atoms with Gasteiger partial charge in [0.25, 0.3) is 0 Å². The SMILES string of the molecule is CCC1(CC)CN(c2ccc(OC)c(C)c2)C(C)CN1. The van der Waals surface area contributed by atoms with Crippen LogP contribution in [0.25, 0.3) is 0 Å². The van der Waals surface area contributed by atoms with Crippen molar-refractivity contribution in [3.8, 4) is 5.75 Å². The Morgan fingerprint density at radius 1 is 1.35 bits per heavy atom. The summed E-state index contributed by atoms with van der Waals surface area (Å²) in [6.07, 6.45) is 2.34. The molecular formula is C17H28N2O. The molecule has 2 rings (SSSR count). The molecule has 1 saturated heterocycles. The van der Waals surface area contributed by atoms with Crippen molar-refractivity contribution in [2.45, 2.75) is 52.1 Å². The molecule has 0 aromatic heterocycles. The van der Waals surface area contributed by atoms with E-state index in [0.29, 0.717) is 6.04 Å². The van der Waals surface area contributed by atoms with Crippen LogP contribution < -0.4 is 15.0 Å². The maximum absolute atomic E-state index is 5.37. The van der Waals surface area contributed by atoms with Crippen molar-refractivity contribution in [1.82, 2.24) is 5.32 Å². The lowest BCUT2D eigenvalue weighted by Crippen LogP contribution is -2.63. The zero-order chi connectivity index (χ0) is 14.8. The van der Waals surface area contributed by atoms with Crippen LogP contribution in [0.2, 0.25) is 0 Å². The Morgan fingerprint density at radius 2 is 2.05 bits per heavy atom. The third-order valence-electron chi connectivity index (χ3n) is 4.84. The van der Waals surface area contributed by atoms with Gasteiger partial charge in [0.15, 0.2) is 0 Å². The van der Waals surface area contributed by atoms with Gasteiger partial charge in [0.05, 0.1) is 7.11 Å². The molecule has 0 radical (unpaired) electrons. The van der Waals surface area contributed by atoms with E-state index in [4.69, 9.17) is 4.74 Å². The summed E-state index contributed by atoms with van der Waals surface area (Å²) in [6, 6.07) is 7.04. The van der Waals surface area contributed by atoms with Crippen LogP contribution in [-0.4, -0.2) is 31.8 Å². The lowest BCUT2D eigenvalue weighted by atomic mass is 9.88. The summed E-state index contributed by atoms with van der Waals surface area (Å²) in [5.41, 5.74) is 2.76. The Balaban J connectivity index is 2.27. The Morgan fingerprint density at radius 3 is 2.60 bits per heavy atom. The first-order valence-corrected chi connectivity index (χ1v) is 7.71. The fourth-order valence-corrected chi connectivity index (χ4v) is 3.12.